The van der Waals surface area contributed by atoms with Crippen molar-refractivity contribution in [3.8, 4) is 0 Å². The van der Waals surface area contributed by atoms with Crippen molar-refractivity contribution in [2.45, 2.75) is 26.1 Å². The second-order valence-electron chi connectivity index (χ2n) is 5.63. The summed E-state index contributed by atoms with van der Waals surface area (Å²) in [5.41, 5.74) is 3.92. The lowest BCUT2D eigenvalue weighted by atomic mass is 10.0. The van der Waals surface area contributed by atoms with Crippen molar-refractivity contribution < 1.29 is 9.50 Å². The zero-order valence-corrected chi connectivity index (χ0v) is 13.3. The maximum Gasteiger partial charge on any atom is 0.125 e. The molecule has 0 bridgehead atoms. The first-order valence-electron chi connectivity index (χ1n) is 7.40. The average Bonchev–Trinajstić information content (AvgIpc) is 2.52. The molecule has 0 radical (unpaired) electrons. The minimum absolute atomic E-state index is 0.0335. The monoisotopic (exact) mass is 302 g/mol. The number of aliphatic hydroxyl groups is 1. The number of halogens is 1. The second-order valence-corrected chi connectivity index (χ2v) is 5.63. The predicted molar refractivity (Wildman–Crippen MR) is 88.3 cm³/mol. The molecule has 2 rings (SSSR count). The molecule has 1 unspecified atom stereocenters. The van der Waals surface area contributed by atoms with Gasteiger partial charge in [0.25, 0.3) is 0 Å². The van der Waals surface area contributed by atoms with Crippen LogP contribution in [-0.4, -0.2) is 19.2 Å². The Hall–Kier alpha value is -1.91. The Morgan fingerprint density at radius 3 is 2.45 bits per heavy atom. The van der Waals surface area contributed by atoms with Gasteiger partial charge in [0, 0.05) is 32.4 Å². The van der Waals surface area contributed by atoms with Crippen molar-refractivity contribution in [1.29, 1.82) is 0 Å². The van der Waals surface area contributed by atoms with Crippen LogP contribution in [0.25, 0.3) is 0 Å². The molecular formula is C18H23FN2O. The third kappa shape index (κ3) is 3.84. The SMILES string of the molecule is CC(NCc1ccccc1CO)c1ccc(F)cc1N(C)C. The molecule has 4 heteroatoms. The molecule has 118 valence electrons. The summed E-state index contributed by atoms with van der Waals surface area (Å²) in [6.45, 7) is 2.75. The number of benzene rings is 2. The Bertz CT molecular complexity index is 628. The number of hydrogen-bond donors (Lipinski definition) is 2. The van der Waals surface area contributed by atoms with Crippen molar-refractivity contribution in [2.75, 3.05) is 19.0 Å². The molecule has 0 saturated heterocycles. The van der Waals surface area contributed by atoms with Crippen LogP contribution >= 0.6 is 0 Å². The first kappa shape index (κ1) is 16.5. The maximum absolute atomic E-state index is 13.4. The van der Waals surface area contributed by atoms with Crippen LogP contribution < -0.4 is 10.2 Å². The average molecular weight is 302 g/mol. The summed E-state index contributed by atoms with van der Waals surface area (Å²) < 4.78 is 13.4. The minimum Gasteiger partial charge on any atom is -0.392 e. The van der Waals surface area contributed by atoms with Gasteiger partial charge in [0.05, 0.1) is 6.61 Å². The summed E-state index contributed by atoms with van der Waals surface area (Å²) in [6.07, 6.45) is 0. The fourth-order valence-corrected chi connectivity index (χ4v) is 2.53. The molecule has 0 fully saturated rings. The van der Waals surface area contributed by atoms with Gasteiger partial charge in [-0.1, -0.05) is 30.3 Å². The highest BCUT2D eigenvalue weighted by Gasteiger charge is 2.13. The molecule has 2 aromatic carbocycles. The van der Waals surface area contributed by atoms with Gasteiger partial charge in [-0.3, -0.25) is 0 Å². The Kier molecular flexibility index (Phi) is 5.52. The van der Waals surface area contributed by atoms with E-state index in [1.807, 2.05) is 49.3 Å². The van der Waals surface area contributed by atoms with Crippen molar-refractivity contribution in [1.82, 2.24) is 5.32 Å². The molecule has 3 nitrogen and oxygen atoms in total. The van der Waals surface area contributed by atoms with Crippen LogP contribution in [0.4, 0.5) is 10.1 Å². The summed E-state index contributed by atoms with van der Waals surface area (Å²) in [7, 11) is 3.82. The van der Waals surface area contributed by atoms with Crippen molar-refractivity contribution in [3.05, 3.63) is 65.0 Å². The van der Waals surface area contributed by atoms with E-state index < -0.39 is 0 Å². The molecule has 0 spiro atoms. The van der Waals surface area contributed by atoms with Gasteiger partial charge in [0.15, 0.2) is 0 Å². The van der Waals surface area contributed by atoms with Gasteiger partial charge < -0.3 is 15.3 Å². The molecule has 0 saturated carbocycles. The standard InChI is InChI=1S/C18H23FN2O/c1-13(17-9-8-16(19)10-18(17)21(2)3)20-11-14-6-4-5-7-15(14)12-22/h4-10,13,20,22H,11-12H2,1-3H3. The number of nitrogens with one attached hydrogen (secondary N) is 1. The fourth-order valence-electron chi connectivity index (χ4n) is 2.53. The summed E-state index contributed by atoms with van der Waals surface area (Å²) in [4.78, 5) is 1.91. The third-order valence-electron chi connectivity index (χ3n) is 3.83. The Balaban J connectivity index is 2.14. The molecule has 2 N–H and O–H groups in total. The number of rotatable bonds is 6. The number of nitrogens with zero attached hydrogens (tertiary/aromatic N) is 1. The highest BCUT2D eigenvalue weighted by molar-refractivity contribution is 5.54. The number of aliphatic hydroxyl groups excluding tert-OH is 1. The Morgan fingerprint density at radius 2 is 1.82 bits per heavy atom. The van der Waals surface area contributed by atoms with Crippen LogP contribution in [0.5, 0.6) is 0 Å². The largest absolute Gasteiger partial charge is 0.392 e. The normalized spacial score (nSPS) is 12.2. The summed E-state index contributed by atoms with van der Waals surface area (Å²) in [5, 5.41) is 12.8. The summed E-state index contributed by atoms with van der Waals surface area (Å²) in [5.74, 6) is -0.231. The summed E-state index contributed by atoms with van der Waals surface area (Å²) in [6, 6.07) is 12.7. The zero-order valence-electron chi connectivity index (χ0n) is 13.3. The van der Waals surface area contributed by atoms with Crippen molar-refractivity contribution in [2.24, 2.45) is 0 Å². The molecule has 0 aliphatic heterocycles. The molecule has 1 atom stereocenters. The highest BCUT2D eigenvalue weighted by Crippen LogP contribution is 2.26. The summed E-state index contributed by atoms with van der Waals surface area (Å²) >= 11 is 0. The van der Waals surface area contributed by atoms with Gasteiger partial charge in [-0.15, -0.1) is 0 Å². The molecule has 0 aliphatic rings. The van der Waals surface area contributed by atoms with E-state index in [1.165, 1.54) is 6.07 Å². The smallest absolute Gasteiger partial charge is 0.125 e. The minimum atomic E-state index is -0.231. The van der Waals surface area contributed by atoms with Crippen LogP contribution in [-0.2, 0) is 13.2 Å². The van der Waals surface area contributed by atoms with Crippen molar-refractivity contribution in [3.63, 3.8) is 0 Å². The van der Waals surface area contributed by atoms with Gasteiger partial charge in [-0.2, -0.15) is 0 Å². The van der Waals surface area contributed by atoms with E-state index in [4.69, 9.17) is 0 Å². The van der Waals surface area contributed by atoms with Crippen molar-refractivity contribution >= 4 is 5.69 Å². The quantitative estimate of drug-likeness (QED) is 0.860. The zero-order chi connectivity index (χ0) is 16.1. The topological polar surface area (TPSA) is 35.5 Å². The lowest BCUT2D eigenvalue weighted by Gasteiger charge is -2.23. The molecule has 22 heavy (non-hydrogen) atoms. The van der Waals surface area contributed by atoms with Crippen LogP contribution in [0.15, 0.2) is 42.5 Å². The van der Waals surface area contributed by atoms with Gasteiger partial charge in [-0.25, -0.2) is 4.39 Å². The van der Waals surface area contributed by atoms with E-state index in [2.05, 4.69) is 12.2 Å². The maximum atomic E-state index is 13.4. The molecule has 0 aromatic heterocycles. The number of anilines is 1. The van der Waals surface area contributed by atoms with Gasteiger partial charge in [0.1, 0.15) is 5.82 Å². The lowest BCUT2D eigenvalue weighted by Crippen LogP contribution is -2.22. The van der Waals surface area contributed by atoms with E-state index in [0.717, 1.165) is 22.4 Å². The molecular weight excluding hydrogens is 279 g/mol. The first-order chi connectivity index (χ1) is 10.5. The van der Waals surface area contributed by atoms with Gasteiger partial charge in [0.2, 0.25) is 0 Å². The van der Waals surface area contributed by atoms with Gasteiger partial charge in [-0.05, 0) is 35.7 Å². The molecule has 0 aliphatic carbocycles. The van der Waals surface area contributed by atoms with Crippen LogP contribution in [0.1, 0.15) is 29.7 Å². The molecule has 0 amide bonds. The van der Waals surface area contributed by atoms with E-state index in [1.54, 1.807) is 6.07 Å². The Morgan fingerprint density at radius 1 is 1.14 bits per heavy atom. The van der Waals surface area contributed by atoms with E-state index in [-0.39, 0.29) is 18.5 Å². The number of hydrogen-bond acceptors (Lipinski definition) is 3. The molecule has 0 heterocycles. The van der Waals surface area contributed by atoms with Gasteiger partial charge >= 0.3 is 0 Å². The third-order valence-corrected chi connectivity index (χ3v) is 3.83. The second kappa shape index (κ2) is 7.38. The van der Waals surface area contributed by atoms with E-state index in [9.17, 15) is 9.50 Å². The van der Waals surface area contributed by atoms with E-state index >= 15 is 0 Å². The lowest BCUT2D eigenvalue weighted by molar-refractivity contribution is 0.280. The first-order valence-corrected chi connectivity index (χ1v) is 7.40. The fraction of sp³-hybridized carbons (Fsp3) is 0.333. The Labute approximate surface area is 131 Å². The van der Waals surface area contributed by atoms with Crippen LogP contribution in [0.3, 0.4) is 0 Å². The van der Waals surface area contributed by atoms with Crippen LogP contribution in [0, 0.1) is 5.82 Å². The predicted octanol–water partition coefficient (Wildman–Crippen LogP) is 3.23. The van der Waals surface area contributed by atoms with E-state index in [0.29, 0.717) is 6.54 Å². The van der Waals surface area contributed by atoms with Crippen LogP contribution in [0.2, 0.25) is 0 Å². The molecule has 2 aromatic rings. The highest BCUT2D eigenvalue weighted by atomic mass is 19.1.